The molecule has 2 heterocycles. The molecule has 1 aliphatic heterocycles. The van der Waals surface area contributed by atoms with Gasteiger partial charge in [-0.2, -0.15) is 0 Å². The van der Waals surface area contributed by atoms with E-state index in [-0.39, 0.29) is 17.9 Å². The Labute approximate surface area is 186 Å². The zero-order chi connectivity index (χ0) is 22.2. The number of amides is 1. The van der Waals surface area contributed by atoms with Crippen molar-refractivity contribution in [2.45, 2.75) is 24.5 Å². The van der Waals surface area contributed by atoms with Gasteiger partial charge in [0, 0.05) is 34.8 Å². The second-order valence-electron chi connectivity index (χ2n) is 7.82. The molecule has 0 aliphatic carbocycles. The molecule has 3 aromatic rings. The number of nitrogens with zero attached hydrogens (tertiary/aromatic N) is 1. The number of thiophene rings is 1. The van der Waals surface area contributed by atoms with Crippen LogP contribution in [0.4, 0.5) is 5.69 Å². The normalized spacial score (nSPS) is 20.1. The molecule has 0 bridgehead atoms. The molecule has 1 aromatic heterocycles. The minimum absolute atomic E-state index is 0.0224. The van der Waals surface area contributed by atoms with Crippen molar-refractivity contribution in [1.82, 2.24) is 4.90 Å². The van der Waals surface area contributed by atoms with E-state index in [4.69, 9.17) is 0 Å². The molecule has 6 nitrogen and oxygen atoms in total. The van der Waals surface area contributed by atoms with Crippen LogP contribution in [0.3, 0.4) is 0 Å². The monoisotopic (exact) mass is 456 g/mol. The standard InChI is InChI=1S/C23H24N2O4S2/c1-25-21(26)14-18(15-7-4-3-5-8-15)22(25)23(27)20-12-11-19(30-20)16-9-6-10-17(13-16)24-31(2,28)29/h3-13,18,22-24,27H,14H2,1-2H3/t18-,22-,23?/m1/s1. The Bertz CT molecular complexity index is 1190. The molecule has 0 spiro atoms. The lowest BCUT2D eigenvalue weighted by molar-refractivity contribution is -0.128. The predicted octanol–water partition coefficient (Wildman–Crippen LogP) is 3.83. The number of aliphatic hydroxyl groups is 1. The summed E-state index contributed by atoms with van der Waals surface area (Å²) in [4.78, 5) is 15.8. The summed E-state index contributed by atoms with van der Waals surface area (Å²) in [6.07, 6.45) is 0.666. The van der Waals surface area contributed by atoms with Crippen LogP contribution >= 0.6 is 11.3 Å². The van der Waals surface area contributed by atoms with Gasteiger partial charge in [-0.3, -0.25) is 9.52 Å². The van der Waals surface area contributed by atoms with Gasteiger partial charge in [0.25, 0.3) is 0 Å². The Balaban J connectivity index is 1.61. The quantitative estimate of drug-likeness (QED) is 0.590. The Kier molecular flexibility index (Phi) is 5.88. The van der Waals surface area contributed by atoms with Crippen molar-refractivity contribution in [3.8, 4) is 10.4 Å². The lowest BCUT2D eigenvalue weighted by Gasteiger charge is -2.29. The van der Waals surface area contributed by atoms with Crippen molar-refractivity contribution in [3.63, 3.8) is 0 Å². The van der Waals surface area contributed by atoms with Gasteiger partial charge < -0.3 is 10.0 Å². The van der Waals surface area contributed by atoms with Crippen molar-refractivity contribution in [1.29, 1.82) is 0 Å². The molecule has 1 saturated heterocycles. The van der Waals surface area contributed by atoms with Gasteiger partial charge in [-0.15, -0.1) is 11.3 Å². The van der Waals surface area contributed by atoms with E-state index in [2.05, 4.69) is 4.72 Å². The minimum atomic E-state index is -3.36. The first-order chi connectivity index (χ1) is 14.7. The Morgan fingerprint density at radius 3 is 2.55 bits per heavy atom. The molecular weight excluding hydrogens is 432 g/mol. The summed E-state index contributed by atoms with van der Waals surface area (Å²) < 4.78 is 25.5. The molecule has 31 heavy (non-hydrogen) atoms. The zero-order valence-electron chi connectivity index (χ0n) is 17.2. The molecule has 0 radical (unpaired) electrons. The second-order valence-corrected chi connectivity index (χ2v) is 10.7. The van der Waals surface area contributed by atoms with Crippen LogP contribution in [0, 0.1) is 0 Å². The molecule has 2 aromatic carbocycles. The SMILES string of the molecule is CN1C(=O)C[C@H](c2ccccc2)[C@@H]1C(O)c1ccc(-c2cccc(NS(C)(=O)=O)c2)s1. The number of benzene rings is 2. The molecule has 1 fully saturated rings. The molecule has 1 unspecified atom stereocenters. The van der Waals surface area contributed by atoms with Crippen LogP contribution in [0.2, 0.25) is 0 Å². The molecular formula is C23H24N2O4S2. The first kappa shape index (κ1) is 21.5. The zero-order valence-corrected chi connectivity index (χ0v) is 18.9. The summed E-state index contributed by atoms with van der Waals surface area (Å²) >= 11 is 1.44. The number of anilines is 1. The highest BCUT2D eigenvalue weighted by Crippen LogP contribution is 2.42. The largest absolute Gasteiger partial charge is 0.385 e. The summed E-state index contributed by atoms with van der Waals surface area (Å²) in [5.41, 5.74) is 2.38. The van der Waals surface area contributed by atoms with E-state index in [1.807, 2.05) is 48.5 Å². The predicted molar refractivity (Wildman–Crippen MR) is 124 cm³/mol. The van der Waals surface area contributed by atoms with Crippen molar-refractivity contribution in [3.05, 3.63) is 77.2 Å². The average molecular weight is 457 g/mol. The van der Waals surface area contributed by atoms with E-state index in [0.717, 1.165) is 27.1 Å². The maximum absolute atomic E-state index is 12.4. The number of carbonyl (C=O) groups excluding carboxylic acids is 1. The molecule has 162 valence electrons. The van der Waals surface area contributed by atoms with Gasteiger partial charge in [-0.1, -0.05) is 42.5 Å². The maximum atomic E-state index is 12.4. The third kappa shape index (κ3) is 4.66. The third-order valence-electron chi connectivity index (χ3n) is 5.57. The van der Waals surface area contributed by atoms with E-state index in [0.29, 0.717) is 12.1 Å². The van der Waals surface area contributed by atoms with Crippen LogP contribution in [0.25, 0.3) is 10.4 Å². The number of carbonyl (C=O) groups is 1. The Hall–Kier alpha value is -2.68. The fourth-order valence-electron chi connectivity index (χ4n) is 4.12. The third-order valence-corrected chi connectivity index (χ3v) is 7.38. The van der Waals surface area contributed by atoms with Crippen LogP contribution in [0.15, 0.2) is 66.7 Å². The molecule has 4 rings (SSSR count). The number of aliphatic hydroxyl groups excluding tert-OH is 1. The fraction of sp³-hybridized carbons (Fsp3) is 0.261. The van der Waals surface area contributed by atoms with Gasteiger partial charge in [-0.05, 0) is 35.4 Å². The summed E-state index contributed by atoms with van der Waals surface area (Å²) in [5.74, 6) is -0.0595. The molecule has 2 N–H and O–H groups in total. The average Bonchev–Trinajstić information content (AvgIpc) is 3.33. The Morgan fingerprint density at radius 1 is 1.10 bits per heavy atom. The smallest absolute Gasteiger partial charge is 0.229 e. The number of rotatable bonds is 6. The number of likely N-dealkylation sites (tertiary alicyclic amines) is 1. The fourth-order valence-corrected chi connectivity index (χ4v) is 5.71. The molecule has 8 heteroatoms. The number of hydrogen-bond donors (Lipinski definition) is 2. The first-order valence-electron chi connectivity index (χ1n) is 9.89. The second kappa shape index (κ2) is 8.45. The van der Waals surface area contributed by atoms with Gasteiger partial charge in [0.15, 0.2) is 0 Å². The maximum Gasteiger partial charge on any atom is 0.229 e. The summed E-state index contributed by atoms with van der Waals surface area (Å²) in [7, 11) is -1.62. The molecule has 1 amide bonds. The van der Waals surface area contributed by atoms with Crippen molar-refractivity contribution in [2.75, 3.05) is 18.0 Å². The highest BCUT2D eigenvalue weighted by atomic mass is 32.2. The van der Waals surface area contributed by atoms with E-state index in [1.54, 1.807) is 30.1 Å². The summed E-state index contributed by atoms with van der Waals surface area (Å²) in [6.45, 7) is 0. The van der Waals surface area contributed by atoms with Gasteiger partial charge in [0.05, 0.1) is 12.3 Å². The molecule has 1 aliphatic rings. The highest BCUT2D eigenvalue weighted by Gasteiger charge is 2.43. The first-order valence-corrected chi connectivity index (χ1v) is 12.6. The minimum Gasteiger partial charge on any atom is -0.385 e. The Morgan fingerprint density at radius 2 is 1.84 bits per heavy atom. The lowest BCUT2D eigenvalue weighted by Crippen LogP contribution is -2.36. The number of sulfonamides is 1. The number of hydrogen-bond acceptors (Lipinski definition) is 5. The van der Waals surface area contributed by atoms with Crippen LogP contribution in [0.5, 0.6) is 0 Å². The summed E-state index contributed by atoms with van der Waals surface area (Å²) in [5, 5.41) is 11.2. The van der Waals surface area contributed by atoms with Crippen LogP contribution < -0.4 is 4.72 Å². The van der Waals surface area contributed by atoms with Crippen molar-refractivity contribution < 1.29 is 18.3 Å². The van der Waals surface area contributed by atoms with Gasteiger partial charge in [0.2, 0.25) is 15.9 Å². The number of likely N-dealkylation sites (N-methyl/N-ethyl adjacent to an activating group) is 1. The van der Waals surface area contributed by atoms with E-state index in [9.17, 15) is 18.3 Å². The van der Waals surface area contributed by atoms with Crippen LogP contribution in [0.1, 0.15) is 28.9 Å². The van der Waals surface area contributed by atoms with Crippen LogP contribution in [-0.4, -0.2) is 43.7 Å². The van der Waals surface area contributed by atoms with E-state index in [1.165, 1.54) is 11.3 Å². The van der Waals surface area contributed by atoms with Crippen LogP contribution in [-0.2, 0) is 14.8 Å². The topological polar surface area (TPSA) is 86.7 Å². The van der Waals surface area contributed by atoms with Gasteiger partial charge in [0.1, 0.15) is 6.10 Å². The van der Waals surface area contributed by atoms with E-state index >= 15 is 0 Å². The molecule has 3 atom stereocenters. The lowest BCUT2D eigenvalue weighted by atomic mass is 9.88. The molecule has 0 saturated carbocycles. The van der Waals surface area contributed by atoms with Gasteiger partial charge >= 0.3 is 0 Å². The van der Waals surface area contributed by atoms with Gasteiger partial charge in [-0.25, -0.2) is 8.42 Å². The highest BCUT2D eigenvalue weighted by molar-refractivity contribution is 7.92. The van der Waals surface area contributed by atoms with E-state index < -0.39 is 16.1 Å². The van der Waals surface area contributed by atoms with Crippen molar-refractivity contribution in [2.24, 2.45) is 0 Å². The van der Waals surface area contributed by atoms with Crippen molar-refractivity contribution >= 4 is 33.0 Å². The number of nitrogens with one attached hydrogen (secondary N) is 1. The summed E-state index contributed by atoms with van der Waals surface area (Å²) in [6, 6.07) is 20.4.